The highest BCUT2D eigenvalue weighted by molar-refractivity contribution is 7.07. The average Bonchev–Trinajstić information content (AvgIpc) is 3.08. The molecule has 1 atom stereocenters. The van der Waals surface area contributed by atoms with E-state index in [2.05, 4.69) is 4.99 Å². The molecule has 0 N–H and O–H groups in total. The first kappa shape index (κ1) is 20.8. The van der Waals surface area contributed by atoms with Crippen molar-refractivity contribution in [2.45, 2.75) is 19.9 Å². The summed E-state index contributed by atoms with van der Waals surface area (Å²) in [7, 11) is 1.60. The lowest BCUT2D eigenvalue weighted by molar-refractivity contribution is -0.114. The van der Waals surface area contributed by atoms with E-state index >= 15 is 0 Å². The Hall–Kier alpha value is -3.51. The van der Waals surface area contributed by atoms with Gasteiger partial charge in [0.05, 0.1) is 17.7 Å². The lowest BCUT2D eigenvalue weighted by Gasteiger charge is -2.24. The zero-order valence-electron chi connectivity index (χ0n) is 17.5. The van der Waals surface area contributed by atoms with Gasteiger partial charge < -0.3 is 4.74 Å². The number of ether oxygens (including phenoxy) is 1. The summed E-state index contributed by atoms with van der Waals surface area (Å²) < 4.78 is 7.45. The van der Waals surface area contributed by atoms with E-state index in [0.29, 0.717) is 26.4 Å². The van der Waals surface area contributed by atoms with Crippen molar-refractivity contribution in [2.24, 2.45) is 4.99 Å². The molecule has 0 saturated carbocycles. The SMILES string of the molecule is COc1ccc([C@@H]2C(C(C)=O)=C(C)N=c3s/c(=C/C=C/c4ccccc4)c(=O)n32)cc1. The first-order chi connectivity index (χ1) is 15.0. The van der Waals surface area contributed by atoms with Crippen LogP contribution >= 0.6 is 11.3 Å². The normalized spacial score (nSPS) is 16.4. The number of allylic oxidation sites excluding steroid dienone is 3. The number of hydrogen-bond donors (Lipinski definition) is 0. The molecule has 31 heavy (non-hydrogen) atoms. The third-order valence-corrected chi connectivity index (χ3v) is 6.17. The van der Waals surface area contributed by atoms with Crippen LogP contribution in [0.25, 0.3) is 12.2 Å². The van der Waals surface area contributed by atoms with E-state index in [-0.39, 0.29) is 11.3 Å². The highest BCUT2D eigenvalue weighted by Gasteiger charge is 2.30. The lowest BCUT2D eigenvalue weighted by Crippen LogP contribution is -2.39. The van der Waals surface area contributed by atoms with Crippen LogP contribution in [0, 0.1) is 0 Å². The second-order valence-electron chi connectivity index (χ2n) is 7.20. The number of Topliss-reactive ketones (excluding diaryl/α,β-unsaturated/α-hetero) is 1. The highest BCUT2D eigenvalue weighted by atomic mass is 32.1. The summed E-state index contributed by atoms with van der Waals surface area (Å²) in [4.78, 5) is 31.0. The predicted octanol–water partition coefficient (Wildman–Crippen LogP) is 3.50. The van der Waals surface area contributed by atoms with Crippen LogP contribution in [0.15, 0.2) is 81.7 Å². The number of thiazole rings is 1. The van der Waals surface area contributed by atoms with Crippen molar-refractivity contribution in [3.63, 3.8) is 0 Å². The van der Waals surface area contributed by atoms with Gasteiger partial charge >= 0.3 is 0 Å². The van der Waals surface area contributed by atoms with E-state index < -0.39 is 6.04 Å². The second kappa shape index (κ2) is 8.70. The molecular formula is C25H22N2O3S. The number of benzene rings is 2. The van der Waals surface area contributed by atoms with Crippen LogP contribution in [0.5, 0.6) is 5.75 Å². The van der Waals surface area contributed by atoms with Gasteiger partial charge in [-0.1, -0.05) is 66.0 Å². The third kappa shape index (κ3) is 4.07. The van der Waals surface area contributed by atoms with Gasteiger partial charge in [0.25, 0.3) is 5.56 Å². The maximum absolute atomic E-state index is 13.3. The lowest BCUT2D eigenvalue weighted by atomic mass is 9.93. The molecule has 3 aromatic rings. The Morgan fingerprint density at radius 1 is 1.13 bits per heavy atom. The monoisotopic (exact) mass is 430 g/mol. The van der Waals surface area contributed by atoms with Crippen LogP contribution < -0.4 is 19.6 Å². The van der Waals surface area contributed by atoms with Crippen molar-refractivity contribution in [3.05, 3.63) is 103 Å². The fraction of sp³-hybridized carbons (Fsp3) is 0.160. The summed E-state index contributed by atoms with van der Waals surface area (Å²) in [6, 6.07) is 16.8. The Morgan fingerprint density at radius 2 is 1.84 bits per heavy atom. The molecule has 5 nitrogen and oxygen atoms in total. The summed E-state index contributed by atoms with van der Waals surface area (Å²) in [5.74, 6) is 0.618. The number of nitrogens with zero attached hydrogens (tertiary/aromatic N) is 2. The Morgan fingerprint density at radius 3 is 2.48 bits per heavy atom. The van der Waals surface area contributed by atoms with Crippen molar-refractivity contribution in [2.75, 3.05) is 7.11 Å². The Balaban J connectivity index is 1.85. The van der Waals surface area contributed by atoms with Gasteiger partial charge in [-0.15, -0.1) is 0 Å². The minimum Gasteiger partial charge on any atom is -0.497 e. The van der Waals surface area contributed by atoms with Crippen LogP contribution in [0.4, 0.5) is 0 Å². The summed E-state index contributed by atoms with van der Waals surface area (Å²) in [5, 5.41) is 0. The number of methoxy groups -OCH3 is 1. The number of fused-ring (bicyclic) bond motifs is 1. The zero-order chi connectivity index (χ0) is 22.0. The van der Waals surface area contributed by atoms with E-state index in [1.54, 1.807) is 17.8 Å². The van der Waals surface area contributed by atoms with Gasteiger partial charge in [-0.05, 0) is 43.2 Å². The predicted molar refractivity (Wildman–Crippen MR) is 124 cm³/mol. The fourth-order valence-electron chi connectivity index (χ4n) is 3.70. The minimum absolute atomic E-state index is 0.0969. The van der Waals surface area contributed by atoms with Gasteiger partial charge in [0, 0.05) is 11.3 Å². The molecule has 1 aromatic heterocycles. The second-order valence-corrected chi connectivity index (χ2v) is 8.21. The molecule has 0 spiro atoms. The van der Waals surface area contributed by atoms with Gasteiger partial charge in [0.1, 0.15) is 5.75 Å². The molecule has 0 saturated heterocycles. The van der Waals surface area contributed by atoms with Gasteiger partial charge in [0.2, 0.25) is 0 Å². The Kier molecular flexibility index (Phi) is 5.82. The van der Waals surface area contributed by atoms with Crippen molar-refractivity contribution < 1.29 is 9.53 Å². The molecule has 4 rings (SSSR count). The summed E-state index contributed by atoms with van der Waals surface area (Å²) in [5.41, 5.74) is 2.91. The van der Waals surface area contributed by atoms with E-state index in [9.17, 15) is 9.59 Å². The largest absolute Gasteiger partial charge is 0.497 e. The van der Waals surface area contributed by atoms with Gasteiger partial charge in [-0.25, -0.2) is 4.99 Å². The summed E-state index contributed by atoms with van der Waals surface area (Å²) in [6.45, 7) is 3.34. The van der Waals surface area contributed by atoms with Crippen LogP contribution in [0.1, 0.15) is 31.0 Å². The topological polar surface area (TPSA) is 60.7 Å². The van der Waals surface area contributed by atoms with Crippen molar-refractivity contribution >= 4 is 29.3 Å². The first-order valence-electron chi connectivity index (χ1n) is 9.88. The van der Waals surface area contributed by atoms with Crippen molar-refractivity contribution in [1.29, 1.82) is 0 Å². The minimum atomic E-state index is -0.514. The third-order valence-electron chi connectivity index (χ3n) is 5.17. The van der Waals surface area contributed by atoms with Gasteiger partial charge in [-0.2, -0.15) is 0 Å². The molecule has 2 heterocycles. The molecular weight excluding hydrogens is 408 g/mol. The van der Waals surface area contributed by atoms with Crippen molar-refractivity contribution in [1.82, 2.24) is 4.57 Å². The maximum Gasteiger partial charge on any atom is 0.271 e. The zero-order valence-corrected chi connectivity index (χ0v) is 18.3. The summed E-state index contributed by atoms with van der Waals surface area (Å²) >= 11 is 1.33. The average molecular weight is 431 g/mol. The van der Waals surface area contributed by atoms with Gasteiger partial charge in [-0.3, -0.25) is 14.2 Å². The molecule has 6 heteroatoms. The fourth-order valence-corrected chi connectivity index (χ4v) is 4.70. The Labute approximate surface area is 184 Å². The number of hydrogen-bond acceptors (Lipinski definition) is 5. The van der Waals surface area contributed by atoms with Crippen LogP contribution in [-0.4, -0.2) is 17.5 Å². The first-order valence-corrected chi connectivity index (χ1v) is 10.7. The quantitative estimate of drug-likeness (QED) is 0.623. The number of carbonyl (C=O) groups excluding carboxylic acids is 1. The molecule has 0 amide bonds. The molecule has 0 aliphatic carbocycles. The van der Waals surface area contributed by atoms with E-state index in [0.717, 1.165) is 11.1 Å². The standard InChI is InChI=1S/C25H22N2O3S/c1-16-22(17(2)28)23(19-12-14-20(30-3)15-13-19)27-24(29)21(31-25(27)26-16)11-7-10-18-8-5-4-6-9-18/h4-15,23H,1-3H3/b10-7+,21-11+/t23-/m1/s1. The molecule has 1 aliphatic heterocycles. The van der Waals surface area contributed by atoms with Crippen LogP contribution in [0.3, 0.4) is 0 Å². The van der Waals surface area contributed by atoms with Crippen molar-refractivity contribution in [3.8, 4) is 5.75 Å². The van der Waals surface area contributed by atoms with E-state index in [1.807, 2.05) is 73.7 Å². The molecule has 1 aliphatic rings. The number of carbonyl (C=O) groups is 1. The Bertz CT molecular complexity index is 1360. The molecule has 0 bridgehead atoms. The highest BCUT2D eigenvalue weighted by Crippen LogP contribution is 2.31. The number of ketones is 1. The molecule has 0 fully saturated rings. The van der Waals surface area contributed by atoms with E-state index in [4.69, 9.17) is 4.74 Å². The number of rotatable bonds is 5. The maximum atomic E-state index is 13.3. The number of aromatic nitrogens is 1. The molecule has 0 unspecified atom stereocenters. The summed E-state index contributed by atoms with van der Waals surface area (Å²) in [6.07, 6.45) is 5.61. The smallest absolute Gasteiger partial charge is 0.271 e. The van der Waals surface area contributed by atoms with Crippen LogP contribution in [-0.2, 0) is 4.79 Å². The van der Waals surface area contributed by atoms with E-state index in [1.165, 1.54) is 18.3 Å². The molecule has 0 radical (unpaired) electrons. The van der Waals surface area contributed by atoms with Gasteiger partial charge in [0.15, 0.2) is 10.6 Å². The molecule has 2 aromatic carbocycles. The van der Waals surface area contributed by atoms with Crippen LogP contribution in [0.2, 0.25) is 0 Å². The molecule has 156 valence electrons.